The molecule has 0 bridgehead atoms. The maximum Gasteiger partial charge on any atom is 0.314 e. The van der Waals surface area contributed by atoms with E-state index >= 15 is 0 Å². The molecule has 0 radical (unpaired) electrons. The van der Waals surface area contributed by atoms with E-state index in [0.29, 0.717) is 0 Å². The van der Waals surface area contributed by atoms with Crippen molar-refractivity contribution in [1.29, 1.82) is 0 Å². The van der Waals surface area contributed by atoms with Crippen LogP contribution >= 0.6 is 0 Å². The number of nitrogens with one attached hydrogen (secondary N) is 8. The fourth-order valence-electron chi connectivity index (χ4n) is 9.57. The van der Waals surface area contributed by atoms with Crippen LogP contribution in [0.25, 0.3) is 87.2 Å². The van der Waals surface area contributed by atoms with Crippen LogP contribution in [0.3, 0.4) is 0 Å². The first-order valence-electron chi connectivity index (χ1n) is 24.4. The van der Waals surface area contributed by atoms with Crippen molar-refractivity contribution >= 4 is 150 Å². The minimum absolute atomic E-state index is 0.000342. The van der Waals surface area contributed by atoms with Crippen molar-refractivity contribution in [3.05, 3.63) is 220 Å². The Morgan fingerprint density at radius 1 is 0.283 bits per heavy atom. The number of nitro groups is 4. The minimum Gasteiger partial charge on any atom is -0.316 e. The van der Waals surface area contributed by atoms with Crippen molar-refractivity contribution in [3.8, 4) is 0 Å². The molecule has 12 rings (SSSR count). The molecule has 0 atom stereocenters. The number of nitrogens with two attached hydrogens (primary N) is 4. The maximum atomic E-state index is 11.7. The van der Waals surface area contributed by atoms with Crippen molar-refractivity contribution in [2.75, 3.05) is 0 Å². The number of aromatic nitrogens is 8. The summed E-state index contributed by atoms with van der Waals surface area (Å²) in [4.78, 5) is 150. The number of benzene rings is 8. The van der Waals surface area contributed by atoms with Crippen molar-refractivity contribution < 1.29 is 53.4 Å². The predicted molar refractivity (Wildman–Crippen MR) is 323 cm³/mol. The fourth-order valence-corrected chi connectivity index (χ4v) is 12.6. The van der Waals surface area contributed by atoms with Crippen LogP contribution in [0, 0.1) is 40.5 Å². The highest BCUT2D eigenvalue weighted by molar-refractivity contribution is 7.90. The van der Waals surface area contributed by atoms with Gasteiger partial charge < -0.3 is 39.9 Å². The molecule has 0 aliphatic rings. The van der Waals surface area contributed by atoms with Gasteiger partial charge in [0.1, 0.15) is 0 Å². The first-order chi connectivity index (χ1) is 42.8. The largest absolute Gasteiger partial charge is 0.316 e. The molecule has 16 N–H and O–H groups in total. The van der Waals surface area contributed by atoms with Gasteiger partial charge in [-0.1, -0.05) is 48.5 Å². The van der Waals surface area contributed by atoms with E-state index in [1.54, 1.807) is 0 Å². The summed E-state index contributed by atoms with van der Waals surface area (Å²) in [6, 6.07) is 19.2. The van der Waals surface area contributed by atoms with Gasteiger partial charge in [0.25, 0.3) is 22.7 Å². The van der Waals surface area contributed by atoms with Crippen LogP contribution in [-0.2, 0) is 40.1 Å². The number of fused-ring (bicyclic) bond motifs is 12. The average molecular weight is 1350 g/mol. The molecular weight excluding hydrogens is 1310 g/mol. The van der Waals surface area contributed by atoms with E-state index in [2.05, 4.69) is 39.9 Å². The minimum atomic E-state index is -4.24. The van der Waals surface area contributed by atoms with Crippen LogP contribution in [0.15, 0.2) is 155 Å². The molecule has 0 aliphatic carbocycles. The summed E-state index contributed by atoms with van der Waals surface area (Å²) in [6.07, 6.45) is 0. The summed E-state index contributed by atoms with van der Waals surface area (Å²) >= 11 is 0. The first kappa shape index (κ1) is 64.3. The molecule has 0 saturated carbocycles. The standard InChI is InChI=1S/4C12H8N4O6S/c4*13-23(21,22)8-3-1-2-5-9(8)7(16(19)20)4-6-10(5)15-12(18)11(17)14-6/h4*1-4H,(H,14,17)(H,15,18)(H2,13,21,22). The second-order valence-corrected chi connectivity index (χ2v) is 24.9. The number of hydrogen-bond donors (Lipinski definition) is 12. The normalized spacial score (nSPS) is 11.9. The van der Waals surface area contributed by atoms with Crippen molar-refractivity contribution in [2.45, 2.75) is 19.6 Å². The van der Waals surface area contributed by atoms with Gasteiger partial charge in [-0.25, -0.2) is 54.2 Å². The van der Waals surface area contributed by atoms with Gasteiger partial charge in [0.2, 0.25) is 40.1 Å². The lowest BCUT2D eigenvalue weighted by Gasteiger charge is -2.08. The molecule has 0 saturated heterocycles. The molecule has 0 spiro atoms. The van der Waals surface area contributed by atoms with Gasteiger partial charge in [-0.2, -0.15) is 0 Å². The third kappa shape index (κ3) is 12.0. The van der Waals surface area contributed by atoms with Crippen LogP contribution in [0.4, 0.5) is 22.7 Å². The van der Waals surface area contributed by atoms with E-state index in [1.165, 1.54) is 48.5 Å². The van der Waals surface area contributed by atoms with Crippen LogP contribution in [0.2, 0.25) is 0 Å². The van der Waals surface area contributed by atoms with Crippen LogP contribution in [-0.4, -0.2) is 93.2 Å². The zero-order valence-corrected chi connectivity index (χ0v) is 48.0. The van der Waals surface area contributed by atoms with E-state index in [9.17, 15) is 112 Å². The summed E-state index contributed by atoms with van der Waals surface area (Å²) in [7, 11) is -17.0. The molecule has 8 aromatic carbocycles. The number of rotatable bonds is 8. The number of primary sulfonamides is 4. The highest BCUT2D eigenvalue weighted by atomic mass is 32.2. The summed E-state index contributed by atoms with van der Waals surface area (Å²) in [6.45, 7) is 0. The van der Waals surface area contributed by atoms with E-state index < -0.39 is 147 Å². The third-order valence-corrected chi connectivity index (χ3v) is 17.0. The Hall–Kier alpha value is -12.2. The lowest BCUT2D eigenvalue weighted by Crippen LogP contribution is -2.29. The van der Waals surface area contributed by atoms with Gasteiger partial charge in [0.15, 0.2) is 0 Å². The van der Waals surface area contributed by atoms with Crippen LogP contribution in [0.1, 0.15) is 0 Å². The number of non-ortho nitro benzene ring substituents is 4. The highest BCUT2D eigenvalue weighted by Gasteiger charge is 2.29. The fraction of sp³-hybridized carbons (Fsp3) is 0. The van der Waals surface area contributed by atoms with Gasteiger partial charge in [0, 0.05) is 45.8 Å². The SMILES string of the molecule is NS(=O)(=O)c1cccc2c1c([N+](=O)[O-])cc1[nH]c(=O)c(=O)[nH]c12.NS(=O)(=O)c1cccc2c1c([N+](=O)[O-])cc1[nH]c(=O)c(=O)[nH]c12.NS(=O)(=O)c1cccc2c1c([N+](=O)[O-])cc1[nH]c(=O)c(=O)[nH]c12.NS(=O)(=O)c1cccc2c1c([N+](=O)[O-])cc1[nH]c(=O)c(=O)[nH]c12. The van der Waals surface area contributed by atoms with Gasteiger partial charge >= 0.3 is 44.5 Å². The van der Waals surface area contributed by atoms with E-state index in [1.807, 2.05) is 0 Å². The van der Waals surface area contributed by atoms with Crippen molar-refractivity contribution in [1.82, 2.24) is 39.9 Å². The molecule has 40 nitrogen and oxygen atoms in total. The molecule has 0 aliphatic heterocycles. The van der Waals surface area contributed by atoms with Gasteiger partial charge in [-0.15, -0.1) is 0 Å². The Balaban J connectivity index is 0.000000145. The first-order valence-corrected chi connectivity index (χ1v) is 30.6. The lowest BCUT2D eigenvalue weighted by molar-refractivity contribution is -0.383. The Morgan fingerprint density at radius 3 is 0.598 bits per heavy atom. The van der Waals surface area contributed by atoms with E-state index in [-0.39, 0.29) is 87.2 Å². The number of sulfonamides is 4. The van der Waals surface area contributed by atoms with E-state index in [0.717, 1.165) is 48.5 Å². The quantitative estimate of drug-likeness (QED) is 0.0402. The summed E-state index contributed by atoms with van der Waals surface area (Å²) in [5.74, 6) is 0. The number of H-pyrrole nitrogens is 8. The highest BCUT2D eigenvalue weighted by Crippen LogP contribution is 2.39. The molecule has 0 amide bonds. The van der Waals surface area contributed by atoms with Crippen molar-refractivity contribution in [3.63, 3.8) is 0 Å². The second-order valence-electron chi connectivity index (χ2n) is 18.8. The Bertz CT molecular complexity index is 5600. The van der Waals surface area contributed by atoms with Crippen LogP contribution < -0.4 is 65.0 Å². The number of nitrogens with zero attached hydrogens (tertiary/aromatic N) is 4. The van der Waals surface area contributed by atoms with Crippen LogP contribution in [0.5, 0.6) is 0 Å². The summed E-state index contributed by atoms with van der Waals surface area (Å²) < 4.78 is 93.6. The Morgan fingerprint density at radius 2 is 0.446 bits per heavy atom. The number of hydrogen-bond acceptors (Lipinski definition) is 24. The molecule has 0 fully saturated rings. The van der Waals surface area contributed by atoms with Gasteiger partial charge in [-0.3, -0.25) is 78.8 Å². The molecule has 472 valence electrons. The van der Waals surface area contributed by atoms with Crippen molar-refractivity contribution in [2.24, 2.45) is 20.6 Å². The smallest absolute Gasteiger partial charge is 0.314 e. The average Bonchev–Trinajstić information content (AvgIpc) is 0.770. The molecular formula is C48H32N16O24S4. The topological polar surface area (TPSA) is 676 Å². The Labute approximate surface area is 501 Å². The number of nitro benzene ring substituents is 4. The molecule has 4 heterocycles. The molecule has 0 unspecified atom stereocenters. The molecule has 92 heavy (non-hydrogen) atoms. The number of aromatic amines is 8. The maximum absolute atomic E-state index is 11.7. The second kappa shape index (κ2) is 23.1. The monoisotopic (exact) mass is 1340 g/mol. The lowest BCUT2D eigenvalue weighted by atomic mass is 10.1. The third-order valence-electron chi connectivity index (χ3n) is 13.2. The zero-order chi connectivity index (χ0) is 67.8. The summed E-state index contributed by atoms with van der Waals surface area (Å²) in [5, 5.41) is 65.0. The Kier molecular flexibility index (Phi) is 16.1. The van der Waals surface area contributed by atoms with E-state index in [4.69, 9.17) is 20.6 Å². The zero-order valence-electron chi connectivity index (χ0n) is 44.8. The molecule has 44 heteroatoms. The van der Waals surface area contributed by atoms with Gasteiger partial charge in [0.05, 0.1) is 105 Å². The molecule has 12 aromatic rings. The molecule has 4 aromatic heterocycles. The summed E-state index contributed by atoms with van der Waals surface area (Å²) in [5.41, 5.74) is -9.71. The predicted octanol–water partition coefficient (Wildman–Crippen LogP) is -0.299. The van der Waals surface area contributed by atoms with Gasteiger partial charge in [-0.05, 0) is 24.3 Å².